The zero-order valence-corrected chi connectivity index (χ0v) is 11.8. The van der Waals surface area contributed by atoms with Crippen LogP contribution in [0.1, 0.15) is 11.1 Å². The average molecular weight is 271 g/mol. The summed E-state index contributed by atoms with van der Waals surface area (Å²) in [5, 5.41) is 0. The number of nitrogens with two attached hydrogens (primary N) is 1. The van der Waals surface area contributed by atoms with Gasteiger partial charge in [0.2, 0.25) is 0 Å². The highest BCUT2D eigenvalue weighted by Crippen LogP contribution is 2.25. The summed E-state index contributed by atoms with van der Waals surface area (Å²) in [6.07, 6.45) is 1.70. The van der Waals surface area contributed by atoms with Crippen molar-refractivity contribution < 1.29 is 9.47 Å². The molecule has 20 heavy (non-hydrogen) atoms. The monoisotopic (exact) mass is 271 g/mol. The summed E-state index contributed by atoms with van der Waals surface area (Å²) in [7, 11) is 1.66. The predicted octanol–water partition coefficient (Wildman–Crippen LogP) is 2.82. The zero-order chi connectivity index (χ0) is 14.2. The SMILES string of the molecule is COc1ccc(CCN)c(OCCc2ccccc2)c1. The van der Waals surface area contributed by atoms with E-state index in [1.165, 1.54) is 5.56 Å². The fourth-order valence-corrected chi connectivity index (χ4v) is 2.08. The molecule has 0 atom stereocenters. The standard InChI is InChI=1S/C17H21NO2/c1-19-16-8-7-15(9-11-18)17(13-16)20-12-10-14-5-3-2-4-6-14/h2-8,13H,9-12,18H2,1H3. The van der Waals surface area contributed by atoms with Crippen molar-refractivity contribution in [3.63, 3.8) is 0 Å². The van der Waals surface area contributed by atoms with Gasteiger partial charge in [-0.25, -0.2) is 0 Å². The smallest absolute Gasteiger partial charge is 0.126 e. The Morgan fingerprint density at radius 1 is 1.00 bits per heavy atom. The Bertz CT molecular complexity index is 526. The molecule has 0 aromatic heterocycles. The number of benzene rings is 2. The van der Waals surface area contributed by atoms with E-state index in [0.717, 1.165) is 29.9 Å². The maximum Gasteiger partial charge on any atom is 0.126 e. The maximum atomic E-state index is 5.90. The van der Waals surface area contributed by atoms with Gasteiger partial charge in [0.05, 0.1) is 13.7 Å². The van der Waals surface area contributed by atoms with Crippen molar-refractivity contribution in [3.05, 3.63) is 59.7 Å². The minimum atomic E-state index is 0.612. The van der Waals surface area contributed by atoms with Gasteiger partial charge in [0.25, 0.3) is 0 Å². The number of hydrogen-bond acceptors (Lipinski definition) is 3. The van der Waals surface area contributed by atoms with Crippen LogP contribution < -0.4 is 15.2 Å². The van der Waals surface area contributed by atoms with Gasteiger partial charge in [-0.3, -0.25) is 0 Å². The molecule has 0 saturated carbocycles. The minimum absolute atomic E-state index is 0.612. The molecular weight excluding hydrogens is 250 g/mol. The van der Waals surface area contributed by atoms with Crippen LogP contribution in [-0.2, 0) is 12.8 Å². The fourth-order valence-electron chi connectivity index (χ4n) is 2.08. The molecule has 2 aromatic rings. The van der Waals surface area contributed by atoms with E-state index in [9.17, 15) is 0 Å². The van der Waals surface area contributed by atoms with Gasteiger partial charge in [0.15, 0.2) is 0 Å². The third-order valence-corrected chi connectivity index (χ3v) is 3.18. The van der Waals surface area contributed by atoms with Gasteiger partial charge in [0.1, 0.15) is 11.5 Å². The molecule has 106 valence electrons. The molecule has 3 heteroatoms. The lowest BCUT2D eigenvalue weighted by atomic mass is 10.1. The summed E-state index contributed by atoms with van der Waals surface area (Å²) in [5.74, 6) is 1.67. The minimum Gasteiger partial charge on any atom is -0.497 e. The van der Waals surface area contributed by atoms with Crippen molar-refractivity contribution in [2.45, 2.75) is 12.8 Å². The van der Waals surface area contributed by atoms with Crippen LogP contribution in [0.15, 0.2) is 48.5 Å². The molecular formula is C17H21NO2. The van der Waals surface area contributed by atoms with Gasteiger partial charge in [-0.15, -0.1) is 0 Å². The predicted molar refractivity (Wildman–Crippen MR) is 81.4 cm³/mol. The molecule has 0 spiro atoms. The molecule has 2 aromatic carbocycles. The quantitative estimate of drug-likeness (QED) is 0.842. The molecule has 0 aliphatic heterocycles. The van der Waals surface area contributed by atoms with Gasteiger partial charge in [0, 0.05) is 12.5 Å². The van der Waals surface area contributed by atoms with E-state index in [2.05, 4.69) is 12.1 Å². The normalized spacial score (nSPS) is 10.3. The van der Waals surface area contributed by atoms with Gasteiger partial charge >= 0.3 is 0 Å². The third-order valence-electron chi connectivity index (χ3n) is 3.18. The van der Waals surface area contributed by atoms with Crippen molar-refractivity contribution in [2.75, 3.05) is 20.3 Å². The van der Waals surface area contributed by atoms with E-state index in [1.807, 2.05) is 36.4 Å². The maximum absolute atomic E-state index is 5.90. The lowest BCUT2D eigenvalue weighted by molar-refractivity contribution is 0.315. The molecule has 3 nitrogen and oxygen atoms in total. The van der Waals surface area contributed by atoms with Crippen molar-refractivity contribution in [2.24, 2.45) is 5.73 Å². The molecule has 0 amide bonds. The third kappa shape index (κ3) is 4.00. The second kappa shape index (κ2) is 7.56. The summed E-state index contributed by atoms with van der Waals surface area (Å²) >= 11 is 0. The summed E-state index contributed by atoms with van der Waals surface area (Å²) in [6, 6.07) is 16.2. The number of rotatable bonds is 7. The van der Waals surface area contributed by atoms with Crippen molar-refractivity contribution in [1.29, 1.82) is 0 Å². The first-order chi connectivity index (χ1) is 9.83. The summed E-state index contributed by atoms with van der Waals surface area (Å²) in [5.41, 5.74) is 8.03. The summed E-state index contributed by atoms with van der Waals surface area (Å²) in [4.78, 5) is 0. The molecule has 0 saturated heterocycles. The van der Waals surface area contributed by atoms with Crippen LogP contribution in [0.2, 0.25) is 0 Å². The highest BCUT2D eigenvalue weighted by atomic mass is 16.5. The Balaban J connectivity index is 2.00. The molecule has 0 unspecified atom stereocenters. The largest absolute Gasteiger partial charge is 0.497 e. The zero-order valence-electron chi connectivity index (χ0n) is 11.8. The molecule has 0 bridgehead atoms. The van der Waals surface area contributed by atoms with E-state index in [4.69, 9.17) is 15.2 Å². The van der Waals surface area contributed by atoms with Crippen LogP contribution in [0.4, 0.5) is 0 Å². The summed E-state index contributed by atoms with van der Waals surface area (Å²) < 4.78 is 11.1. The highest BCUT2D eigenvalue weighted by molar-refractivity contribution is 5.41. The Labute approximate surface area is 120 Å². The molecule has 0 radical (unpaired) electrons. The van der Waals surface area contributed by atoms with Crippen LogP contribution in [0.25, 0.3) is 0 Å². The van der Waals surface area contributed by atoms with E-state index in [0.29, 0.717) is 13.2 Å². The van der Waals surface area contributed by atoms with Crippen LogP contribution >= 0.6 is 0 Å². The van der Waals surface area contributed by atoms with Gasteiger partial charge in [-0.05, 0) is 30.2 Å². The molecule has 0 aliphatic rings. The fraction of sp³-hybridized carbons (Fsp3) is 0.294. The van der Waals surface area contributed by atoms with Crippen LogP contribution in [0, 0.1) is 0 Å². The van der Waals surface area contributed by atoms with Crippen LogP contribution in [0.3, 0.4) is 0 Å². The Hall–Kier alpha value is -2.00. The summed E-state index contributed by atoms with van der Waals surface area (Å²) in [6.45, 7) is 1.26. The first kappa shape index (κ1) is 14.4. The average Bonchev–Trinajstić information content (AvgIpc) is 2.50. The van der Waals surface area contributed by atoms with E-state index in [-0.39, 0.29) is 0 Å². The Morgan fingerprint density at radius 3 is 2.50 bits per heavy atom. The van der Waals surface area contributed by atoms with Gasteiger partial charge < -0.3 is 15.2 Å². The first-order valence-electron chi connectivity index (χ1n) is 6.87. The molecule has 0 heterocycles. The van der Waals surface area contributed by atoms with Crippen LogP contribution in [-0.4, -0.2) is 20.3 Å². The van der Waals surface area contributed by atoms with Gasteiger partial charge in [-0.2, -0.15) is 0 Å². The van der Waals surface area contributed by atoms with Crippen molar-refractivity contribution >= 4 is 0 Å². The molecule has 2 rings (SSSR count). The van der Waals surface area contributed by atoms with Crippen molar-refractivity contribution in [1.82, 2.24) is 0 Å². The Morgan fingerprint density at radius 2 is 1.80 bits per heavy atom. The highest BCUT2D eigenvalue weighted by Gasteiger charge is 2.05. The first-order valence-corrected chi connectivity index (χ1v) is 6.87. The molecule has 0 fully saturated rings. The topological polar surface area (TPSA) is 44.5 Å². The number of hydrogen-bond donors (Lipinski definition) is 1. The Kier molecular flexibility index (Phi) is 5.44. The van der Waals surface area contributed by atoms with Gasteiger partial charge in [-0.1, -0.05) is 36.4 Å². The second-order valence-corrected chi connectivity index (χ2v) is 4.60. The van der Waals surface area contributed by atoms with Crippen molar-refractivity contribution in [3.8, 4) is 11.5 Å². The lowest BCUT2D eigenvalue weighted by Crippen LogP contribution is -2.07. The van der Waals surface area contributed by atoms with E-state index >= 15 is 0 Å². The van der Waals surface area contributed by atoms with Crippen LogP contribution in [0.5, 0.6) is 11.5 Å². The number of ether oxygens (including phenoxy) is 2. The molecule has 2 N–H and O–H groups in total. The second-order valence-electron chi connectivity index (χ2n) is 4.60. The van der Waals surface area contributed by atoms with E-state index < -0.39 is 0 Å². The number of methoxy groups -OCH3 is 1. The molecule has 0 aliphatic carbocycles. The lowest BCUT2D eigenvalue weighted by Gasteiger charge is -2.12. The van der Waals surface area contributed by atoms with E-state index in [1.54, 1.807) is 7.11 Å².